The Hall–Kier alpha value is -2.25. The average Bonchev–Trinajstić information content (AvgIpc) is 3.14. The molecule has 0 spiro atoms. The maximum atomic E-state index is 12.6. The third-order valence-corrected chi connectivity index (χ3v) is 4.30. The molecule has 0 fully saturated rings. The van der Waals surface area contributed by atoms with E-state index >= 15 is 0 Å². The summed E-state index contributed by atoms with van der Waals surface area (Å²) in [5, 5.41) is 16.7. The Labute approximate surface area is 131 Å². The Morgan fingerprint density at radius 2 is 2.23 bits per heavy atom. The van der Waals surface area contributed by atoms with Gasteiger partial charge in [-0.25, -0.2) is 4.98 Å². The van der Waals surface area contributed by atoms with Crippen LogP contribution < -0.4 is 0 Å². The van der Waals surface area contributed by atoms with Crippen LogP contribution in [-0.4, -0.2) is 44.2 Å². The van der Waals surface area contributed by atoms with Gasteiger partial charge < -0.3 is 10.0 Å². The lowest BCUT2D eigenvalue weighted by molar-refractivity contribution is 0.0704. The monoisotopic (exact) mass is 316 g/mol. The lowest BCUT2D eigenvalue weighted by Crippen LogP contribution is -2.33. The number of aliphatic hydroxyl groups excluding tert-OH is 1. The van der Waals surface area contributed by atoms with Crippen molar-refractivity contribution in [3.63, 3.8) is 0 Å². The standard InChI is InChI=1S/C15H16N4O2S/c1-10-2-4-12(22-10)9-19(6-7-20)15(21)13-5-3-11-8-16-18-14(11)17-13/h2-5,8,20H,6-7,9H2,1H3,(H,16,17,18). The number of nitrogens with zero attached hydrogens (tertiary/aromatic N) is 3. The fourth-order valence-electron chi connectivity index (χ4n) is 2.24. The first kappa shape index (κ1) is 14.7. The maximum Gasteiger partial charge on any atom is 0.272 e. The van der Waals surface area contributed by atoms with Gasteiger partial charge in [-0.3, -0.25) is 9.89 Å². The van der Waals surface area contributed by atoms with Crippen LogP contribution in [0.3, 0.4) is 0 Å². The second kappa shape index (κ2) is 6.25. The number of hydrogen-bond donors (Lipinski definition) is 2. The minimum Gasteiger partial charge on any atom is -0.395 e. The average molecular weight is 316 g/mol. The molecule has 0 aliphatic heterocycles. The molecule has 114 valence electrons. The van der Waals surface area contributed by atoms with E-state index in [1.165, 1.54) is 4.88 Å². The van der Waals surface area contributed by atoms with Crippen LogP contribution in [0.15, 0.2) is 30.5 Å². The molecule has 1 amide bonds. The third kappa shape index (κ3) is 3.00. The number of fused-ring (bicyclic) bond motifs is 1. The lowest BCUT2D eigenvalue weighted by atomic mass is 10.2. The summed E-state index contributed by atoms with van der Waals surface area (Å²) < 4.78 is 0. The molecule has 0 aromatic carbocycles. The first-order chi connectivity index (χ1) is 10.7. The topological polar surface area (TPSA) is 82.1 Å². The molecule has 0 bridgehead atoms. The van der Waals surface area contributed by atoms with Crippen molar-refractivity contribution in [3.8, 4) is 0 Å². The number of aliphatic hydroxyl groups is 1. The van der Waals surface area contributed by atoms with Crippen LogP contribution in [0.1, 0.15) is 20.2 Å². The number of nitrogens with one attached hydrogen (secondary N) is 1. The van der Waals surface area contributed by atoms with E-state index in [0.29, 0.717) is 17.9 Å². The number of aromatic nitrogens is 3. The van der Waals surface area contributed by atoms with Crippen LogP contribution in [0.5, 0.6) is 0 Å². The van der Waals surface area contributed by atoms with Crippen LogP contribution in [0.25, 0.3) is 11.0 Å². The Morgan fingerprint density at radius 3 is 2.95 bits per heavy atom. The highest BCUT2D eigenvalue weighted by molar-refractivity contribution is 7.11. The van der Waals surface area contributed by atoms with Gasteiger partial charge >= 0.3 is 0 Å². The van der Waals surface area contributed by atoms with Crippen molar-refractivity contribution < 1.29 is 9.90 Å². The molecule has 0 saturated carbocycles. The highest BCUT2D eigenvalue weighted by Gasteiger charge is 2.18. The van der Waals surface area contributed by atoms with Crippen molar-refractivity contribution >= 4 is 28.3 Å². The molecule has 22 heavy (non-hydrogen) atoms. The van der Waals surface area contributed by atoms with Gasteiger partial charge in [-0.05, 0) is 31.2 Å². The van der Waals surface area contributed by atoms with E-state index in [-0.39, 0.29) is 19.1 Å². The predicted molar refractivity (Wildman–Crippen MR) is 84.8 cm³/mol. The second-order valence-electron chi connectivity index (χ2n) is 4.97. The molecule has 2 N–H and O–H groups in total. The van der Waals surface area contributed by atoms with Gasteiger partial charge in [0, 0.05) is 21.7 Å². The lowest BCUT2D eigenvalue weighted by Gasteiger charge is -2.20. The summed E-state index contributed by atoms with van der Waals surface area (Å²) in [5.41, 5.74) is 0.931. The molecule has 0 aliphatic rings. The molecule has 3 aromatic rings. The van der Waals surface area contributed by atoms with Gasteiger partial charge in [-0.15, -0.1) is 11.3 Å². The van der Waals surface area contributed by atoms with E-state index in [1.54, 1.807) is 28.5 Å². The fourth-order valence-corrected chi connectivity index (χ4v) is 3.15. The van der Waals surface area contributed by atoms with Crippen LogP contribution >= 0.6 is 11.3 Å². The maximum absolute atomic E-state index is 12.6. The van der Waals surface area contributed by atoms with E-state index in [9.17, 15) is 9.90 Å². The summed E-state index contributed by atoms with van der Waals surface area (Å²) in [5.74, 6) is -0.198. The molecule has 0 atom stereocenters. The van der Waals surface area contributed by atoms with Gasteiger partial charge in [0.1, 0.15) is 5.69 Å². The number of aromatic amines is 1. The van der Waals surface area contributed by atoms with Crippen molar-refractivity contribution in [1.82, 2.24) is 20.1 Å². The molecule has 7 heteroatoms. The van der Waals surface area contributed by atoms with Gasteiger partial charge in [0.2, 0.25) is 0 Å². The SMILES string of the molecule is Cc1ccc(CN(CCO)C(=O)c2ccc3cn[nH]c3n2)s1. The smallest absolute Gasteiger partial charge is 0.272 e. The van der Waals surface area contributed by atoms with Gasteiger partial charge in [0.15, 0.2) is 5.65 Å². The molecule has 3 rings (SSSR count). The van der Waals surface area contributed by atoms with Crippen LogP contribution in [-0.2, 0) is 6.54 Å². The summed E-state index contributed by atoms with van der Waals surface area (Å²) in [6, 6.07) is 7.52. The second-order valence-corrected chi connectivity index (χ2v) is 6.34. The summed E-state index contributed by atoms with van der Waals surface area (Å²) in [6.07, 6.45) is 1.66. The molecule has 6 nitrogen and oxygen atoms in total. The zero-order valence-electron chi connectivity index (χ0n) is 12.1. The van der Waals surface area contributed by atoms with Gasteiger partial charge in [0.25, 0.3) is 5.91 Å². The van der Waals surface area contributed by atoms with Crippen molar-refractivity contribution in [2.45, 2.75) is 13.5 Å². The highest BCUT2D eigenvalue weighted by atomic mass is 32.1. The van der Waals surface area contributed by atoms with E-state index < -0.39 is 0 Å². The van der Waals surface area contributed by atoms with E-state index in [1.807, 2.05) is 25.1 Å². The molecular formula is C15H16N4O2S. The third-order valence-electron chi connectivity index (χ3n) is 3.32. The number of carbonyl (C=O) groups is 1. The molecule has 0 unspecified atom stereocenters. The summed E-state index contributed by atoms with van der Waals surface area (Å²) in [7, 11) is 0. The number of aryl methyl sites for hydroxylation is 1. The number of thiophene rings is 1. The summed E-state index contributed by atoms with van der Waals surface area (Å²) in [4.78, 5) is 20.8. The first-order valence-electron chi connectivity index (χ1n) is 6.93. The number of carbonyl (C=O) groups excluding carboxylic acids is 1. The van der Waals surface area contributed by atoms with Crippen molar-refractivity contribution in [1.29, 1.82) is 0 Å². The van der Waals surface area contributed by atoms with Gasteiger partial charge in [0.05, 0.1) is 19.3 Å². The van der Waals surface area contributed by atoms with Crippen molar-refractivity contribution in [3.05, 3.63) is 45.9 Å². The summed E-state index contributed by atoms with van der Waals surface area (Å²) >= 11 is 1.65. The fraction of sp³-hybridized carbons (Fsp3) is 0.267. The zero-order chi connectivity index (χ0) is 15.5. The molecule has 3 aromatic heterocycles. The van der Waals surface area contributed by atoms with Crippen LogP contribution in [0, 0.1) is 6.92 Å². The van der Waals surface area contributed by atoms with Gasteiger partial charge in [-0.1, -0.05) is 0 Å². The molecule has 0 aliphatic carbocycles. The zero-order valence-corrected chi connectivity index (χ0v) is 12.9. The molecule has 0 saturated heterocycles. The normalized spacial score (nSPS) is 11.0. The number of hydrogen-bond acceptors (Lipinski definition) is 5. The number of amides is 1. The van der Waals surface area contributed by atoms with E-state index in [4.69, 9.17) is 0 Å². The highest BCUT2D eigenvalue weighted by Crippen LogP contribution is 2.18. The number of pyridine rings is 1. The van der Waals surface area contributed by atoms with Crippen LogP contribution in [0.4, 0.5) is 0 Å². The number of H-pyrrole nitrogens is 1. The predicted octanol–water partition coefficient (Wildman–Crippen LogP) is 1.96. The minimum absolute atomic E-state index is 0.0810. The van der Waals surface area contributed by atoms with Crippen molar-refractivity contribution in [2.24, 2.45) is 0 Å². The molecule has 0 radical (unpaired) electrons. The number of rotatable bonds is 5. The van der Waals surface area contributed by atoms with Gasteiger partial charge in [-0.2, -0.15) is 5.10 Å². The Bertz CT molecular complexity index is 796. The Morgan fingerprint density at radius 1 is 1.36 bits per heavy atom. The van der Waals surface area contributed by atoms with E-state index in [0.717, 1.165) is 10.3 Å². The molecule has 3 heterocycles. The molecular weight excluding hydrogens is 300 g/mol. The summed E-state index contributed by atoms with van der Waals surface area (Å²) in [6.45, 7) is 2.70. The minimum atomic E-state index is -0.198. The largest absolute Gasteiger partial charge is 0.395 e. The van der Waals surface area contributed by atoms with E-state index in [2.05, 4.69) is 15.2 Å². The quantitative estimate of drug-likeness (QED) is 0.754. The van der Waals surface area contributed by atoms with Crippen LogP contribution in [0.2, 0.25) is 0 Å². The first-order valence-corrected chi connectivity index (χ1v) is 7.74. The Balaban J connectivity index is 1.84. The Kier molecular flexibility index (Phi) is 4.17. The van der Waals surface area contributed by atoms with Crippen molar-refractivity contribution in [2.75, 3.05) is 13.2 Å².